The Bertz CT molecular complexity index is 1070. The zero-order chi connectivity index (χ0) is 21.7. The van der Waals surface area contributed by atoms with Crippen LogP contribution in [0.3, 0.4) is 0 Å². The van der Waals surface area contributed by atoms with Gasteiger partial charge in [0.15, 0.2) is 17.7 Å². The van der Waals surface area contributed by atoms with Crippen LogP contribution >= 0.6 is 0 Å². The van der Waals surface area contributed by atoms with Gasteiger partial charge in [-0.2, -0.15) is 5.26 Å². The Balaban J connectivity index is 1.73. The van der Waals surface area contributed by atoms with Crippen LogP contribution in [-0.2, 0) is 4.74 Å². The molecule has 3 rings (SSSR count). The van der Waals surface area contributed by atoms with Gasteiger partial charge in [0.1, 0.15) is 17.4 Å². The van der Waals surface area contributed by atoms with Crippen LogP contribution in [0.1, 0.15) is 37.0 Å². The number of aromatic nitrogens is 2. The second-order valence-corrected chi connectivity index (χ2v) is 7.25. The zero-order valence-electron chi connectivity index (χ0n) is 17.0. The van der Waals surface area contributed by atoms with E-state index >= 15 is 0 Å². The molecule has 0 aliphatic rings. The minimum absolute atomic E-state index is 0.0797. The second kappa shape index (κ2) is 9.14. The number of ether oxygens (including phenoxy) is 2. The number of rotatable bonds is 7. The van der Waals surface area contributed by atoms with Crippen molar-refractivity contribution in [3.63, 3.8) is 0 Å². The number of hydrogen-bond donors (Lipinski definition) is 2. The Labute approximate surface area is 174 Å². The Morgan fingerprint density at radius 2 is 1.87 bits per heavy atom. The molecule has 2 N–H and O–H groups in total. The Morgan fingerprint density at radius 1 is 1.17 bits per heavy atom. The largest absolute Gasteiger partial charge is 0.507 e. The summed E-state index contributed by atoms with van der Waals surface area (Å²) in [6, 6.07) is 15.8. The first-order chi connectivity index (χ1) is 14.4. The Morgan fingerprint density at radius 3 is 2.50 bits per heavy atom. The first-order valence-corrected chi connectivity index (χ1v) is 9.61. The highest BCUT2D eigenvalue weighted by Crippen LogP contribution is 2.22. The van der Waals surface area contributed by atoms with Crippen molar-refractivity contribution < 1.29 is 19.4 Å². The number of aromatic amines is 1. The maximum absolute atomic E-state index is 12.4. The highest BCUT2D eigenvalue weighted by molar-refractivity contribution is 5.90. The number of nitrogens with one attached hydrogen (secondary N) is 1. The highest BCUT2D eigenvalue weighted by atomic mass is 16.6. The average Bonchev–Trinajstić information content (AvgIpc) is 3.16. The van der Waals surface area contributed by atoms with Crippen molar-refractivity contribution in [1.82, 2.24) is 9.97 Å². The summed E-state index contributed by atoms with van der Waals surface area (Å²) in [5.74, 6) is 0.276. The van der Waals surface area contributed by atoms with Crippen molar-refractivity contribution in [2.75, 3.05) is 6.61 Å². The van der Waals surface area contributed by atoms with Crippen molar-refractivity contribution in [3.8, 4) is 11.8 Å². The fraction of sp³-hybridized carbons (Fsp3) is 0.261. The second-order valence-electron chi connectivity index (χ2n) is 7.25. The number of H-pyrrole nitrogens is 1. The molecule has 0 unspecified atom stereocenters. The fourth-order valence-corrected chi connectivity index (χ4v) is 2.74. The van der Waals surface area contributed by atoms with Gasteiger partial charge >= 0.3 is 5.97 Å². The molecule has 0 saturated heterocycles. The molecule has 0 aliphatic heterocycles. The lowest BCUT2D eigenvalue weighted by Crippen LogP contribution is -2.18. The summed E-state index contributed by atoms with van der Waals surface area (Å²) in [4.78, 5) is 19.7. The molecule has 3 aromatic rings. The quantitative estimate of drug-likeness (QED) is 0.337. The van der Waals surface area contributed by atoms with E-state index in [2.05, 4.69) is 9.97 Å². The van der Waals surface area contributed by atoms with Gasteiger partial charge in [-0.15, -0.1) is 0 Å². The molecule has 0 radical (unpaired) electrons. The Kier molecular flexibility index (Phi) is 6.38. The van der Waals surface area contributed by atoms with E-state index in [1.54, 1.807) is 30.3 Å². The van der Waals surface area contributed by atoms with E-state index in [9.17, 15) is 15.2 Å². The molecule has 2 aromatic carbocycles. The van der Waals surface area contributed by atoms with Crippen LogP contribution < -0.4 is 4.74 Å². The van der Waals surface area contributed by atoms with Gasteiger partial charge < -0.3 is 19.6 Å². The minimum atomic E-state index is -1.03. The summed E-state index contributed by atoms with van der Waals surface area (Å²) >= 11 is 0. The number of carbonyl (C=O) groups excluding carboxylic acids is 1. The molecule has 7 heteroatoms. The lowest BCUT2D eigenvalue weighted by Gasteiger charge is -2.14. The van der Waals surface area contributed by atoms with E-state index < -0.39 is 12.1 Å². The Hall–Kier alpha value is -3.79. The number of esters is 1. The van der Waals surface area contributed by atoms with Crippen LogP contribution in [-0.4, -0.2) is 33.8 Å². The van der Waals surface area contributed by atoms with Gasteiger partial charge in [0, 0.05) is 0 Å². The highest BCUT2D eigenvalue weighted by Gasteiger charge is 2.22. The maximum Gasteiger partial charge on any atom is 0.338 e. The topological polar surface area (TPSA) is 108 Å². The number of nitrogens with zero attached hydrogens (tertiary/aromatic N) is 2. The molecule has 30 heavy (non-hydrogen) atoms. The minimum Gasteiger partial charge on any atom is -0.507 e. The number of hydrogen-bond acceptors (Lipinski definition) is 6. The smallest absolute Gasteiger partial charge is 0.338 e. The van der Waals surface area contributed by atoms with Gasteiger partial charge in [-0.1, -0.05) is 26.0 Å². The predicted molar refractivity (Wildman–Crippen MR) is 113 cm³/mol. The summed E-state index contributed by atoms with van der Waals surface area (Å²) < 4.78 is 10.9. The number of carbonyl (C=O) groups is 1. The number of nitriles is 1. The zero-order valence-corrected chi connectivity index (χ0v) is 17.0. The van der Waals surface area contributed by atoms with E-state index in [0.717, 1.165) is 5.52 Å². The molecule has 0 saturated carbocycles. The number of aliphatic hydroxyl groups excluding tert-OH is 1. The van der Waals surface area contributed by atoms with E-state index in [-0.39, 0.29) is 17.2 Å². The number of allylic oxidation sites excluding steroid dienone is 1. The third kappa shape index (κ3) is 4.78. The van der Waals surface area contributed by atoms with E-state index in [1.807, 2.05) is 38.1 Å². The maximum atomic E-state index is 12.4. The summed E-state index contributed by atoms with van der Waals surface area (Å²) in [7, 11) is 0. The number of imidazole rings is 1. The molecule has 7 nitrogen and oxygen atoms in total. The summed E-state index contributed by atoms with van der Waals surface area (Å²) in [6.45, 7) is 6.17. The number of benzene rings is 2. The first-order valence-electron chi connectivity index (χ1n) is 9.61. The first kappa shape index (κ1) is 20.9. The molecule has 0 spiro atoms. The van der Waals surface area contributed by atoms with Crippen LogP contribution in [0.25, 0.3) is 16.6 Å². The molecule has 1 aromatic heterocycles. The van der Waals surface area contributed by atoms with Crippen molar-refractivity contribution >= 4 is 22.6 Å². The predicted octanol–water partition coefficient (Wildman–Crippen LogP) is 4.64. The van der Waals surface area contributed by atoms with Crippen molar-refractivity contribution in [3.05, 3.63) is 65.7 Å². The number of para-hydroxylation sites is 2. The van der Waals surface area contributed by atoms with Crippen LogP contribution in [0.4, 0.5) is 0 Å². The number of aliphatic hydroxyl groups is 1. The summed E-state index contributed by atoms with van der Waals surface area (Å²) in [5.41, 5.74) is 1.63. The normalized spacial score (nSPS) is 12.9. The molecule has 0 amide bonds. The molecule has 154 valence electrons. The lowest BCUT2D eigenvalue weighted by atomic mass is 10.1. The molecular weight excluding hydrogens is 382 g/mol. The van der Waals surface area contributed by atoms with Crippen molar-refractivity contribution in [2.45, 2.75) is 26.9 Å². The molecule has 0 fully saturated rings. The summed E-state index contributed by atoms with van der Waals surface area (Å²) in [6.07, 6.45) is -1.03. The standard InChI is InChI=1S/C23H23N3O4/c1-14(2)13-29-17-10-8-16(9-11-17)23(28)30-15(3)21(27)18(12-24)22-25-19-6-4-5-7-20(19)26-22/h4-11,14-15,27H,13H2,1-3H3,(H,25,26)/b21-18-/t15-/m1/s1. The van der Waals surface area contributed by atoms with Crippen molar-refractivity contribution in [1.29, 1.82) is 5.26 Å². The molecule has 1 atom stereocenters. The van der Waals surface area contributed by atoms with Gasteiger partial charge in [-0.25, -0.2) is 9.78 Å². The molecule has 0 aliphatic carbocycles. The van der Waals surface area contributed by atoms with Gasteiger partial charge in [-0.05, 0) is 49.2 Å². The van der Waals surface area contributed by atoms with E-state index in [4.69, 9.17) is 9.47 Å². The van der Waals surface area contributed by atoms with Gasteiger partial charge in [0.05, 0.1) is 23.2 Å². The molecular formula is C23H23N3O4. The third-order valence-corrected chi connectivity index (χ3v) is 4.34. The average molecular weight is 405 g/mol. The van der Waals surface area contributed by atoms with Gasteiger partial charge in [-0.3, -0.25) is 0 Å². The van der Waals surface area contributed by atoms with Crippen LogP contribution in [0.2, 0.25) is 0 Å². The van der Waals surface area contributed by atoms with Crippen LogP contribution in [0.15, 0.2) is 54.3 Å². The van der Waals surface area contributed by atoms with Crippen LogP contribution in [0, 0.1) is 17.2 Å². The molecule has 1 heterocycles. The molecule has 0 bridgehead atoms. The SMILES string of the molecule is CC(C)COc1ccc(C(=O)O[C@H](C)/C(O)=C(\C#N)c2nc3ccccc3[nH]2)cc1. The third-order valence-electron chi connectivity index (χ3n) is 4.34. The fourth-order valence-electron chi connectivity index (χ4n) is 2.74. The van der Waals surface area contributed by atoms with Gasteiger partial charge in [0.2, 0.25) is 0 Å². The van der Waals surface area contributed by atoms with Crippen LogP contribution in [0.5, 0.6) is 5.75 Å². The number of fused-ring (bicyclic) bond motifs is 1. The van der Waals surface area contributed by atoms with E-state index in [1.165, 1.54) is 6.92 Å². The lowest BCUT2D eigenvalue weighted by molar-refractivity contribution is 0.0334. The monoisotopic (exact) mass is 405 g/mol. The van der Waals surface area contributed by atoms with Gasteiger partial charge in [0.25, 0.3) is 0 Å². The van der Waals surface area contributed by atoms with E-state index in [0.29, 0.717) is 29.4 Å². The van der Waals surface area contributed by atoms with Crippen molar-refractivity contribution in [2.24, 2.45) is 5.92 Å². The summed E-state index contributed by atoms with van der Waals surface area (Å²) in [5, 5.41) is 20.0.